The molecule has 4 nitrogen and oxygen atoms in total. The number of phenols is 1. The number of aromatic hydroxyl groups is 1. The molecular formula is C23H32O4. The summed E-state index contributed by atoms with van der Waals surface area (Å²) < 4.78 is 6.76. The van der Waals surface area contributed by atoms with Crippen molar-refractivity contribution >= 4 is 6.29 Å². The zero-order valence-corrected chi connectivity index (χ0v) is 17.1. The molecule has 0 radical (unpaired) electrons. The fourth-order valence-electron chi connectivity index (χ4n) is 6.78. The van der Waals surface area contributed by atoms with Crippen LogP contribution in [0.2, 0.25) is 0 Å². The lowest BCUT2D eigenvalue weighted by Crippen LogP contribution is -2.66. The van der Waals surface area contributed by atoms with Gasteiger partial charge in [0.2, 0.25) is 0 Å². The van der Waals surface area contributed by atoms with E-state index in [-0.39, 0.29) is 22.7 Å². The van der Waals surface area contributed by atoms with E-state index in [0.717, 1.165) is 43.1 Å². The highest BCUT2D eigenvalue weighted by atomic mass is 16.5. The largest absolute Gasteiger partial charge is 0.508 e. The second kappa shape index (κ2) is 5.73. The minimum Gasteiger partial charge on any atom is -0.508 e. The lowest BCUT2D eigenvalue weighted by Gasteiger charge is -2.64. The highest BCUT2D eigenvalue weighted by Crippen LogP contribution is 2.66. The summed E-state index contributed by atoms with van der Waals surface area (Å²) in [6, 6.07) is 1.69. The molecule has 4 rings (SSSR count). The van der Waals surface area contributed by atoms with E-state index >= 15 is 0 Å². The Morgan fingerprint density at radius 1 is 1.22 bits per heavy atom. The normalized spacial score (nSPS) is 39.6. The monoisotopic (exact) mass is 372 g/mol. The van der Waals surface area contributed by atoms with Crippen LogP contribution in [0.15, 0.2) is 6.07 Å². The van der Waals surface area contributed by atoms with Gasteiger partial charge in [-0.3, -0.25) is 4.79 Å². The molecule has 2 N–H and O–H groups in total. The van der Waals surface area contributed by atoms with Crippen molar-refractivity contribution in [3.63, 3.8) is 0 Å². The molecule has 2 saturated carbocycles. The van der Waals surface area contributed by atoms with Gasteiger partial charge in [0, 0.05) is 17.4 Å². The molecule has 1 spiro atoms. The van der Waals surface area contributed by atoms with E-state index in [1.54, 1.807) is 6.07 Å². The molecule has 4 heteroatoms. The van der Waals surface area contributed by atoms with Crippen molar-refractivity contribution in [3.05, 3.63) is 22.8 Å². The van der Waals surface area contributed by atoms with Crippen molar-refractivity contribution in [2.24, 2.45) is 22.7 Å². The van der Waals surface area contributed by atoms with Crippen LogP contribution in [0, 0.1) is 29.6 Å². The number of fused-ring (bicyclic) bond motifs is 3. The molecule has 1 aliphatic heterocycles. The van der Waals surface area contributed by atoms with E-state index in [4.69, 9.17) is 4.74 Å². The van der Waals surface area contributed by atoms with Crippen LogP contribution >= 0.6 is 0 Å². The number of phenolic OH excluding ortho intramolecular Hbond substituents is 1. The average Bonchev–Trinajstić information content (AvgIpc) is 3.00. The Morgan fingerprint density at radius 2 is 1.93 bits per heavy atom. The molecule has 148 valence electrons. The van der Waals surface area contributed by atoms with E-state index in [1.165, 1.54) is 0 Å². The molecule has 27 heavy (non-hydrogen) atoms. The standard InChI is InChI=1S/C23H32O4/c1-13-10-17(25)15-11-23(27-20(15)16(13)12-24)14(2)6-7-18-21(3,4)19(26)8-9-22(18,23)5/h10,12,14,18-19,25-26H,6-9,11H2,1-5H3/t14-,18+,19-,22+,23-/m1/s1. The maximum Gasteiger partial charge on any atom is 0.154 e. The number of hydrogen-bond acceptors (Lipinski definition) is 4. The summed E-state index contributed by atoms with van der Waals surface area (Å²) in [6.07, 6.45) is 4.96. The highest BCUT2D eigenvalue weighted by Gasteiger charge is 2.67. The zero-order valence-electron chi connectivity index (χ0n) is 17.1. The molecule has 3 aliphatic rings. The quantitative estimate of drug-likeness (QED) is 0.716. The van der Waals surface area contributed by atoms with E-state index < -0.39 is 5.60 Å². The maximum atomic E-state index is 11.8. The van der Waals surface area contributed by atoms with Gasteiger partial charge >= 0.3 is 0 Å². The first-order chi connectivity index (χ1) is 12.6. The van der Waals surface area contributed by atoms with Crippen LogP contribution in [0.4, 0.5) is 0 Å². The number of carbonyl (C=O) groups is 1. The fourth-order valence-corrected chi connectivity index (χ4v) is 6.78. The Morgan fingerprint density at radius 3 is 2.59 bits per heavy atom. The number of hydrogen-bond donors (Lipinski definition) is 2. The first kappa shape index (κ1) is 18.8. The van der Waals surface area contributed by atoms with Gasteiger partial charge in [-0.25, -0.2) is 0 Å². The molecule has 2 fully saturated rings. The van der Waals surface area contributed by atoms with E-state index in [9.17, 15) is 15.0 Å². The van der Waals surface area contributed by atoms with Crippen molar-refractivity contribution in [2.75, 3.05) is 0 Å². The second-order valence-corrected chi connectivity index (χ2v) is 10.0. The Bertz CT molecular complexity index is 798. The van der Waals surface area contributed by atoms with Crippen molar-refractivity contribution in [2.45, 2.75) is 78.4 Å². The predicted molar refractivity (Wildman–Crippen MR) is 104 cm³/mol. The molecule has 0 unspecified atom stereocenters. The van der Waals surface area contributed by atoms with Crippen molar-refractivity contribution in [1.82, 2.24) is 0 Å². The van der Waals surface area contributed by atoms with Crippen LogP contribution in [0.25, 0.3) is 0 Å². The Kier molecular flexibility index (Phi) is 3.99. The van der Waals surface area contributed by atoms with Crippen molar-refractivity contribution < 1.29 is 19.7 Å². The van der Waals surface area contributed by atoms with Crippen molar-refractivity contribution in [1.29, 1.82) is 0 Å². The van der Waals surface area contributed by atoms with Gasteiger partial charge in [0.1, 0.15) is 17.1 Å². The van der Waals surface area contributed by atoms with E-state index in [2.05, 4.69) is 27.7 Å². The van der Waals surface area contributed by atoms with Gasteiger partial charge in [0.25, 0.3) is 0 Å². The van der Waals surface area contributed by atoms with Crippen molar-refractivity contribution in [3.8, 4) is 11.5 Å². The smallest absolute Gasteiger partial charge is 0.154 e. The molecule has 0 amide bonds. The summed E-state index contributed by atoms with van der Waals surface area (Å²) in [5.74, 6) is 1.47. The lowest BCUT2D eigenvalue weighted by molar-refractivity contribution is -0.210. The highest BCUT2D eigenvalue weighted by molar-refractivity contribution is 5.84. The number of aldehydes is 1. The number of carbonyl (C=O) groups excluding carboxylic acids is 1. The minimum atomic E-state index is -0.446. The fraction of sp³-hybridized carbons (Fsp3) is 0.696. The molecule has 1 heterocycles. The molecule has 0 saturated heterocycles. The summed E-state index contributed by atoms with van der Waals surface area (Å²) in [5, 5.41) is 21.3. The van der Waals surface area contributed by atoms with Gasteiger partial charge in [-0.05, 0) is 61.5 Å². The number of benzene rings is 1. The molecule has 5 atom stereocenters. The Balaban J connectivity index is 1.87. The second-order valence-electron chi connectivity index (χ2n) is 10.0. The maximum absolute atomic E-state index is 11.8. The van der Waals surface area contributed by atoms with Crippen LogP contribution in [-0.2, 0) is 6.42 Å². The molecule has 1 aromatic carbocycles. The third kappa shape index (κ3) is 2.22. The van der Waals surface area contributed by atoms with Gasteiger partial charge in [0.05, 0.1) is 11.7 Å². The molecular weight excluding hydrogens is 340 g/mol. The van der Waals surface area contributed by atoms with Crippen LogP contribution < -0.4 is 4.74 Å². The zero-order chi connectivity index (χ0) is 19.8. The minimum absolute atomic E-state index is 0.118. The Labute approximate surface area is 161 Å². The van der Waals surface area contributed by atoms with Gasteiger partial charge in [-0.15, -0.1) is 0 Å². The Hall–Kier alpha value is -1.55. The van der Waals surface area contributed by atoms with Gasteiger partial charge < -0.3 is 14.9 Å². The summed E-state index contributed by atoms with van der Waals surface area (Å²) in [5.41, 5.74) is 1.35. The number of ether oxygens (including phenoxy) is 1. The molecule has 1 aromatic rings. The summed E-state index contributed by atoms with van der Waals surface area (Å²) in [4.78, 5) is 11.8. The lowest BCUT2D eigenvalue weighted by atomic mass is 9.43. The summed E-state index contributed by atoms with van der Waals surface area (Å²) in [7, 11) is 0. The van der Waals surface area contributed by atoms with Crippen LogP contribution in [-0.4, -0.2) is 28.2 Å². The first-order valence-corrected chi connectivity index (χ1v) is 10.3. The van der Waals surface area contributed by atoms with Gasteiger partial charge in [-0.1, -0.05) is 27.7 Å². The average molecular weight is 373 g/mol. The topological polar surface area (TPSA) is 66.8 Å². The summed E-state index contributed by atoms with van der Waals surface area (Å²) >= 11 is 0. The van der Waals surface area contributed by atoms with E-state index in [1.807, 2.05) is 6.92 Å². The number of aliphatic hydroxyl groups excluding tert-OH is 1. The molecule has 0 aromatic heterocycles. The van der Waals surface area contributed by atoms with Gasteiger partial charge in [0.15, 0.2) is 6.29 Å². The summed E-state index contributed by atoms with van der Waals surface area (Å²) in [6.45, 7) is 10.8. The third-order valence-electron chi connectivity index (χ3n) is 8.56. The molecule has 2 aliphatic carbocycles. The SMILES string of the molecule is Cc1cc(O)c2c(c1C=O)O[C@]1(C2)[C@H](C)CC[C@H]2C(C)(C)[C@H](O)CC[C@@]21C. The molecule has 0 bridgehead atoms. The number of aryl methyl sites for hydroxylation is 1. The van der Waals surface area contributed by atoms with E-state index in [0.29, 0.717) is 29.6 Å². The third-order valence-corrected chi connectivity index (χ3v) is 8.56. The first-order valence-electron chi connectivity index (χ1n) is 10.3. The van der Waals surface area contributed by atoms with Crippen LogP contribution in [0.5, 0.6) is 11.5 Å². The predicted octanol–water partition coefficient (Wildman–Crippen LogP) is 4.42. The van der Waals surface area contributed by atoms with Gasteiger partial charge in [-0.2, -0.15) is 0 Å². The van der Waals surface area contributed by atoms with Crippen LogP contribution in [0.1, 0.15) is 74.9 Å². The van der Waals surface area contributed by atoms with Crippen LogP contribution in [0.3, 0.4) is 0 Å². The number of aliphatic hydroxyl groups is 1. The number of rotatable bonds is 1.